The van der Waals surface area contributed by atoms with Crippen LogP contribution in [0.15, 0.2) is 30.6 Å². The van der Waals surface area contributed by atoms with Gasteiger partial charge in [-0.1, -0.05) is 0 Å². The number of carbonyl (C=O) groups is 2. The van der Waals surface area contributed by atoms with E-state index < -0.39 is 0 Å². The Labute approximate surface area is 191 Å². The van der Waals surface area contributed by atoms with Crippen LogP contribution < -0.4 is 15.4 Å². The number of ether oxygens (including phenoxy) is 1. The Kier molecular flexibility index (Phi) is 4.47. The molecule has 0 radical (unpaired) electrons. The molecule has 33 heavy (non-hydrogen) atoms. The predicted molar refractivity (Wildman–Crippen MR) is 123 cm³/mol. The topological polar surface area (TPSA) is 97.6 Å². The normalized spacial score (nSPS) is 21.0. The van der Waals surface area contributed by atoms with Gasteiger partial charge >= 0.3 is 0 Å². The molecule has 0 spiro atoms. The minimum Gasteiger partial charge on any atom is -0.487 e. The summed E-state index contributed by atoms with van der Waals surface area (Å²) in [4.78, 5) is 30.0. The Morgan fingerprint density at radius 1 is 1.30 bits per heavy atom. The first-order chi connectivity index (χ1) is 15.9. The summed E-state index contributed by atoms with van der Waals surface area (Å²) < 4.78 is 7.72. The van der Waals surface area contributed by atoms with Gasteiger partial charge in [-0.15, -0.1) is 0 Å². The van der Waals surface area contributed by atoms with Gasteiger partial charge in [0.25, 0.3) is 5.91 Å². The van der Waals surface area contributed by atoms with E-state index in [1.54, 1.807) is 16.9 Å². The molecule has 1 atom stereocenters. The van der Waals surface area contributed by atoms with E-state index in [9.17, 15) is 9.59 Å². The highest BCUT2D eigenvalue weighted by Gasteiger charge is 2.34. The van der Waals surface area contributed by atoms with E-state index in [4.69, 9.17) is 4.74 Å². The molecule has 4 heterocycles. The first-order valence-corrected chi connectivity index (χ1v) is 11.6. The van der Waals surface area contributed by atoms with Crippen molar-refractivity contribution in [3.05, 3.63) is 53.0 Å². The molecule has 2 fully saturated rings. The highest BCUT2D eigenvalue weighted by atomic mass is 16.5. The first kappa shape index (κ1) is 20.2. The van der Waals surface area contributed by atoms with Gasteiger partial charge in [-0.25, -0.2) is 9.50 Å². The summed E-state index contributed by atoms with van der Waals surface area (Å²) in [5.41, 5.74) is 4.58. The van der Waals surface area contributed by atoms with E-state index in [1.165, 1.54) is 0 Å². The van der Waals surface area contributed by atoms with Crippen LogP contribution in [-0.2, 0) is 17.6 Å². The lowest BCUT2D eigenvalue weighted by atomic mass is 9.98. The summed E-state index contributed by atoms with van der Waals surface area (Å²) in [5, 5.41) is 10.3. The molecule has 2 N–H and O–H groups in total. The third-order valence-corrected chi connectivity index (χ3v) is 6.79. The fourth-order valence-corrected chi connectivity index (χ4v) is 4.97. The molecule has 2 aliphatic heterocycles. The number of anilines is 1. The van der Waals surface area contributed by atoms with Crippen molar-refractivity contribution in [2.75, 3.05) is 11.9 Å². The van der Waals surface area contributed by atoms with E-state index in [1.807, 2.05) is 6.07 Å². The van der Waals surface area contributed by atoms with Crippen molar-refractivity contribution in [1.82, 2.24) is 19.9 Å². The molecule has 3 aromatic rings. The van der Waals surface area contributed by atoms with Crippen LogP contribution >= 0.6 is 0 Å². The third-order valence-electron chi connectivity index (χ3n) is 6.79. The molecule has 1 aliphatic carbocycles. The van der Waals surface area contributed by atoms with Gasteiger partial charge in [-0.05, 0) is 62.8 Å². The van der Waals surface area contributed by atoms with Crippen molar-refractivity contribution in [3.63, 3.8) is 0 Å². The first-order valence-electron chi connectivity index (χ1n) is 11.6. The number of benzene rings is 1. The van der Waals surface area contributed by atoms with Gasteiger partial charge in [0.2, 0.25) is 5.91 Å². The maximum atomic E-state index is 13.3. The summed E-state index contributed by atoms with van der Waals surface area (Å²) in [6, 6.07) is 6.04. The monoisotopic (exact) mass is 445 g/mol. The molecule has 6 rings (SSSR count). The van der Waals surface area contributed by atoms with Gasteiger partial charge in [0.1, 0.15) is 16.9 Å². The molecule has 8 heteroatoms. The number of aromatic nitrogens is 3. The summed E-state index contributed by atoms with van der Waals surface area (Å²) >= 11 is 0. The third kappa shape index (κ3) is 3.73. The molecule has 0 bridgehead atoms. The molecular formula is C25H27N5O3. The number of carbonyl (C=O) groups excluding carboxylic acids is 2. The highest BCUT2D eigenvalue weighted by molar-refractivity contribution is 6.08. The second kappa shape index (κ2) is 7.30. The number of fused-ring (bicyclic) bond motifs is 2. The van der Waals surface area contributed by atoms with E-state index in [0.29, 0.717) is 30.1 Å². The van der Waals surface area contributed by atoms with Crippen LogP contribution in [0.5, 0.6) is 5.75 Å². The molecule has 2 aromatic heterocycles. The van der Waals surface area contributed by atoms with Crippen molar-refractivity contribution in [1.29, 1.82) is 0 Å². The Balaban J connectivity index is 1.29. The number of hydrogen-bond acceptors (Lipinski definition) is 5. The highest BCUT2D eigenvalue weighted by Crippen LogP contribution is 2.48. The molecule has 1 unspecified atom stereocenters. The van der Waals surface area contributed by atoms with Gasteiger partial charge in [-0.2, -0.15) is 5.10 Å². The minimum atomic E-state index is -0.231. The van der Waals surface area contributed by atoms with Crippen molar-refractivity contribution in [2.45, 2.75) is 57.5 Å². The van der Waals surface area contributed by atoms with Gasteiger partial charge in [0, 0.05) is 48.4 Å². The lowest BCUT2D eigenvalue weighted by molar-refractivity contribution is -0.122. The maximum absolute atomic E-state index is 13.3. The molecule has 2 amide bonds. The zero-order valence-corrected chi connectivity index (χ0v) is 18.9. The van der Waals surface area contributed by atoms with E-state index in [-0.39, 0.29) is 23.3 Å². The van der Waals surface area contributed by atoms with Crippen molar-refractivity contribution in [2.24, 2.45) is 5.92 Å². The average Bonchev–Trinajstić information content (AvgIpc) is 3.28. The standard InChI is InChI=1S/C25H27N5O3/c1-25(2)12-16-10-20(18(14-3-4-14)11-21(16)33-25)29-24(32)19-13-27-30-8-6-17(28-22(19)30)9-15-5-7-26-23(15)31/h6,8,10-11,13-15H,3-5,7,9,12H2,1-2H3,(H,26,31)(H,29,32). The average molecular weight is 446 g/mol. The lowest BCUT2D eigenvalue weighted by Crippen LogP contribution is -2.24. The van der Waals surface area contributed by atoms with Crippen molar-refractivity contribution < 1.29 is 14.3 Å². The smallest absolute Gasteiger partial charge is 0.261 e. The van der Waals surface area contributed by atoms with Crippen LogP contribution in [0, 0.1) is 5.92 Å². The summed E-state index contributed by atoms with van der Waals surface area (Å²) in [6.07, 6.45) is 7.78. The van der Waals surface area contributed by atoms with Gasteiger partial charge in [0.05, 0.1) is 6.20 Å². The summed E-state index contributed by atoms with van der Waals surface area (Å²) in [7, 11) is 0. The number of rotatable bonds is 5. The van der Waals surface area contributed by atoms with Gasteiger partial charge < -0.3 is 15.4 Å². The van der Waals surface area contributed by atoms with Crippen LogP contribution in [0.3, 0.4) is 0 Å². The van der Waals surface area contributed by atoms with Gasteiger partial charge in [-0.3, -0.25) is 9.59 Å². The quantitative estimate of drug-likeness (QED) is 0.628. The van der Waals surface area contributed by atoms with Gasteiger partial charge in [0.15, 0.2) is 5.65 Å². The molecule has 3 aliphatic rings. The molecule has 1 saturated carbocycles. The lowest BCUT2D eigenvalue weighted by Gasteiger charge is -2.17. The van der Waals surface area contributed by atoms with Crippen LogP contribution in [0.1, 0.15) is 66.2 Å². The Morgan fingerprint density at radius 2 is 2.15 bits per heavy atom. The second-order valence-electron chi connectivity index (χ2n) is 10.0. The fraction of sp³-hybridized carbons (Fsp3) is 0.440. The second-order valence-corrected chi connectivity index (χ2v) is 10.0. The van der Waals surface area contributed by atoms with Crippen LogP contribution in [0.4, 0.5) is 5.69 Å². The SMILES string of the molecule is CC1(C)Cc2cc(NC(=O)c3cnn4ccc(CC5CCNC5=O)nc34)c(C3CC3)cc2O1. The predicted octanol–water partition coefficient (Wildman–Crippen LogP) is 3.25. The zero-order chi connectivity index (χ0) is 22.7. The van der Waals surface area contributed by atoms with Crippen LogP contribution in [0.2, 0.25) is 0 Å². The van der Waals surface area contributed by atoms with Crippen molar-refractivity contribution >= 4 is 23.1 Å². The van der Waals surface area contributed by atoms with E-state index in [2.05, 4.69) is 46.7 Å². The fourth-order valence-electron chi connectivity index (χ4n) is 4.97. The van der Waals surface area contributed by atoms with Crippen molar-refractivity contribution in [3.8, 4) is 5.75 Å². The Hall–Kier alpha value is -3.42. The van der Waals surface area contributed by atoms with E-state index >= 15 is 0 Å². The molecular weight excluding hydrogens is 418 g/mol. The largest absolute Gasteiger partial charge is 0.487 e. The molecule has 170 valence electrons. The Bertz CT molecular complexity index is 1290. The van der Waals surface area contributed by atoms with Crippen LogP contribution in [0.25, 0.3) is 5.65 Å². The van der Waals surface area contributed by atoms with E-state index in [0.717, 1.165) is 53.9 Å². The molecule has 1 aromatic carbocycles. The number of amides is 2. The summed E-state index contributed by atoms with van der Waals surface area (Å²) in [6.45, 7) is 4.87. The molecule has 1 saturated heterocycles. The number of nitrogens with one attached hydrogen (secondary N) is 2. The maximum Gasteiger partial charge on any atom is 0.261 e. The summed E-state index contributed by atoms with van der Waals surface area (Å²) in [5.74, 6) is 1.16. The minimum absolute atomic E-state index is 0.0690. The zero-order valence-electron chi connectivity index (χ0n) is 18.9. The molecule has 8 nitrogen and oxygen atoms in total. The van der Waals surface area contributed by atoms with Crippen LogP contribution in [-0.4, -0.2) is 38.6 Å². The number of hydrogen-bond donors (Lipinski definition) is 2. The Morgan fingerprint density at radius 3 is 2.91 bits per heavy atom. The number of nitrogens with zero attached hydrogens (tertiary/aromatic N) is 3.